The van der Waals surface area contributed by atoms with Gasteiger partial charge in [0, 0.05) is 0 Å². The molecule has 0 radical (unpaired) electrons. The summed E-state index contributed by atoms with van der Waals surface area (Å²) >= 11 is 0. The minimum Gasteiger partial charge on any atom is -0.475 e. The zero-order valence-electron chi connectivity index (χ0n) is 8.51. The molecule has 0 aromatic carbocycles. The highest BCUT2D eigenvalue weighted by atomic mass is 16.4. The van der Waals surface area contributed by atoms with Gasteiger partial charge in [0.05, 0.1) is 5.82 Å². The van der Waals surface area contributed by atoms with E-state index in [2.05, 4.69) is 4.42 Å². The van der Waals surface area contributed by atoms with Gasteiger partial charge in [-0.1, -0.05) is 0 Å². The van der Waals surface area contributed by atoms with Crippen LogP contribution in [0.1, 0.15) is 28.0 Å². The molecule has 16 heavy (non-hydrogen) atoms. The zero-order chi connectivity index (χ0) is 12.7. The summed E-state index contributed by atoms with van der Waals surface area (Å²) in [7, 11) is 0. The lowest BCUT2D eigenvalue weighted by molar-refractivity contribution is 0.0631. The fourth-order valence-electron chi connectivity index (χ4n) is 0.568. The van der Waals surface area contributed by atoms with Crippen molar-refractivity contribution in [3.63, 3.8) is 0 Å². The normalized spacial score (nSPS) is 8.56. The smallest absolute Gasteiger partial charge is 0.371 e. The van der Waals surface area contributed by atoms with Gasteiger partial charge in [0.25, 0.3) is 0 Å². The van der Waals surface area contributed by atoms with Crippen LogP contribution in [0.2, 0.25) is 0 Å². The molecule has 0 spiro atoms. The summed E-state index contributed by atoms with van der Waals surface area (Å²) in [6.45, 7) is 1.79. The summed E-state index contributed by atoms with van der Waals surface area (Å²) in [5.41, 5.74) is 9.86. The molecule has 1 rings (SSSR count). The fraction of sp³-hybridized carbons (Fsp3) is 0.111. The molecule has 0 amide bonds. The largest absolute Gasteiger partial charge is 0.475 e. The Labute approximate surface area is 91.0 Å². The summed E-state index contributed by atoms with van der Waals surface area (Å²) in [4.78, 5) is 20.3. The quantitative estimate of drug-likeness (QED) is 0.575. The third-order valence-electron chi connectivity index (χ3n) is 1.36. The van der Waals surface area contributed by atoms with Gasteiger partial charge in [-0.15, -0.1) is 0 Å². The van der Waals surface area contributed by atoms with Gasteiger partial charge < -0.3 is 26.1 Å². The van der Waals surface area contributed by atoms with E-state index in [0.717, 1.165) is 12.1 Å². The molecule has 0 unspecified atom stereocenters. The standard InChI is InChI=1S/C6H4O5.C3H8N2/c7-5(8)3-1-2-4(11-3)6(9)10;1-2-3(4)5/h1-2H,(H,7,8)(H,9,10);2H,4-5H2,1H3. The molecule has 0 fully saturated rings. The van der Waals surface area contributed by atoms with E-state index in [0.29, 0.717) is 5.82 Å². The summed E-state index contributed by atoms with van der Waals surface area (Å²) in [5, 5.41) is 16.6. The first-order chi connectivity index (χ1) is 7.38. The van der Waals surface area contributed by atoms with E-state index in [9.17, 15) is 9.59 Å². The number of allylic oxidation sites excluding steroid dienone is 1. The van der Waals surface area contributed by atoms with Gasteiger partial charge >= 0.3 is 11.9 Å². The molecule has 7 nitrogen and oxygen atoms in total. The van der Waals surface area contributed by atoms with Crippen LogP contribution in [0.5, 0.6) is 0 Å². The van der Waals surface area contributed by atoms with E-state index in [1.54, 1.807) is 13.0 Å². The van der Waals surface area contributed by atoms with Crippen molar-refractivity contribution in [2.75, 3.05) is 0 Å². The molecule has 88 valence electrons. The topological polar surface area (TPSA) is 140 Å². The molecule has 7 heteroatoms. The van der Waals surface area contributed by atoms with Crippen LogP contribution in [-0.4, -0.2) is 22.2 Å². The number of carbonyl (C=O) groups is 2. The third-order valence-corrected chi connectivity index (χ3v) is 1.36. The summed E-state index contributed by atoms with van der Waals surface area (Å²) in [6, 6.07) is 2.18. The molecule has 0 aliphatic rings. The van der Waals surface area contributed by atoms with Crippen LogP contribution < -0.4 is 11.5 Å². The first kappa shape index (κ1) is 13.6. The highest BCUT2D eigenvalue weighted by Crippen LogP contribution is 2.06. The van der Waals surface area contributed by atoms with Crippen molar-refractivity contribution in [2.45, 2.75) is 6.92 Å². The minimum atomic E-state index is -1.28. The third kappa shape index (κ3) is 4.70. The van der Waals surface area contributed by atoms with Gasteiger partial charge in [-0.05, 0) is 25.1 Å². The first-order valence-electron chi connectivity index (χ1n) is 4.12. The molecule has 0 saturated carbocycles. The van der Waals surface area contributed by atoms with Crippen LogP contribution in [0.25, 0.3) is 0 Å². The van der Waals surface area contributed by atoms with Gasteiger partial charge in [-0.2, -0.15) is 0 Å². The van der Waals surface area contributed by atoms with Crippen molar-refractivity contribution < 1.29 is 24.2 Å². The molecule has 1 aromatic heterocycles. The predicted molar refractivity (Wildman–Crippen MR) is 54.8 cm³/mol. The van der Waals surface area contributed by atoms with Crippen LogP contribution >= 0.6 is 0 Å². The van der Waals surface area contributed by atoms with Crippen molar-refractivity contribution in [3.8, 4) is 0 Å². The molecule has 0 atom stereocenters. The lowest BCUT2D eigenvalue weighted by Gasteiger charge is -1.84. The van der Waals surface area contributed by atoms with Crippen molar-refractivity contribution in [1.82, 2.24) is 0 Å². The van der Waals surface area contributed by atoms with Gasteiger partial charge in [0.2, 0.25) is 11.5 Å². The Bertz CT molecular complexity index is 375. The summed E-state index contributed by atoms with van der Waals surface area (Å²) in [5.74, 6) is -2.93. The van der Waals surface area contributed by atoms with Crippen molar-refractivity contribution in [1.29, 1.82) is 0 Å². The fourth-order valence-corrected chi connectivity index (χ4v) is 0.568. The molecular weight excluding hydrogens is 216 g/mol. The Kier molecular flexibility index (Phi) is 5.19. The summed E-state index contributed by atoms with van der Waals surface area (Å²) in [6.07, 6.45) is 1.64. The van der Waals surface area contributed by atoms with Crippen LogP contribution in [0, 0.1) is 0 Å². The Morgan fingerprint density at radius 1 is 1.19 bits per heavy atom. The molecule has 1 aromatic rings. The second-order valence-corrected chi connectivity index (χ2v) is 2.56. The molecule has 1 heterocycles. The minimum absolute atomic E-state index is 0.373. The number of rotatable bonds is 2. The van der Waals surface area contributed by atoms with Gasteiger partial charge in [-0.25, -0.2) is 9.59 Å². The maximum atomic E-state index is 10.2. The second kappa shape index (κ2) is 6.12. The maximum Gasteiger partial charge on any atom is 0.371 e. The lowest BCUT2D eigenvalue weighted by Crippen LogP contribution is -2.06. The monoisotopic (exact) mass is 228 g/mol. The van der Waals surface area contributed by atoms with Crippen molar-refractivity contribution >= 4 is 11.9 Å². The van der Waals surface area contributed by atoms with E-state index >= 15 is 0 Å². The van der Waals surface area contributed by atoms with Crippen molar-refractivity contribution in [3.05, 3.63) is 35.6 Å². The molecule has 0 aliphatic heterocycles. The highest BCUT2D eigenvalue weighted by molar-refractivity contribution is 5.88. The molecular formula is C9H12N2O5. The Balaban J connectivity index is 0.000000385. The van der Waals surface area contributed by atoms with E-state index in [-0.39, 0.29) is 11.5 Å². The Morgan fingerprint density at radius 2 is 1.50 bits per heavy atom. The second-order valence-electron chi connectivity index (χ2n) is 2.56. The number of hydrogen-bond donors (Lipinski definition) is 4. The molecule has 0 saturated heterocycles. The SMILES string of the molecule is CC=C(N)N.O=C(O)c1ccc(C(=O)O)o1. The Morgan fingerprint density at radius 3 is 1.62 bits per heavy atom. The van der Waals surface area contributed by atoms with E-state index in [4.69, 9.17) is 21.7 Å². The number of carboxylic acids is 2. The van der Waals surface area contributed by atoms with E-state index in [1.807, 2.05) is 0 Å². The van der Waals surface area contributed by atoms with Gasteiger partial charge in [0.15, 0.2) is 0 Å². The van der Waals surface area contributed by atoms with Crippen LogP contribution in [0.4, 0.5) is 0 Å². The van der Waals surface area contributed by atoms with E-state index in [1.165, 1.54) is 0 Å². The predicted octanol–water partition coefficient (Wildman–Crippen LogP) is 0.441. The number of carboxylic acid groups (broad SMARTS) is 2. The van der Waals surface area contributed by atoms with Crippen LogP contribution in [-0.2, 0) is 0 Å². The molecule has 0 bridgehead atoms. The lowest BCUT2D eigenvalue weighted by atomic mass is 10.4. The highest BCUT2D eigenvalue weighted by Gasteiger charge is 2.12. The van der Waals surface area contributed by atoms with Crippen molar-refractivity contribution in [2.24, 2.45) is 11.5 Å². The number of furan rings is 1. The average Bonchev–Trinajstić information content (AvgIpc) is 2.67. The zero-order valence-corrected chi connectivity index (χ0v) is 8.51. The maximum absolute atomic E-state index is 10.2. The van der Waals surface area contributed by atoms with Gasteiger partial charge in [0.1, 0.15) is 0 Å². The Hall–Kier alpha value is -2.44. The number of aromatic carboxylic acids is 2. The summed E-state index contributed by atoms with van der Waals surface area (Å²) < 4.78 is 4.41. The molecule has 6 N–H and O–H groups in total. The van der Waals surface area contributed by atoms with E-state index < -0.39 is 11.9 Å². The number of nitrogens with two attached hydrogens (primary N) is 2. The first-order valence-corrected chi connectivity index (χ1v) is 4.12. The van der Waals surface area contributed by atoms with Crippen LogP contribution in [0.3, 0.4) is 0 Å². The van der Waals surface area contributed by atoms with Gasteiger partial charge in [-0.3, -0.25) is 0 Å². The van der Waals surface area contributed by atoms with Crippen LogP contribution in [0.15, 0.2) is 28.4 Å². The average molecular weight is 228 g/mol. The number of hydrogen-bond acceptors (Lipinski definition) is 5. The molecule has 0 aliphatic carbocycles.